The number of carbonyl (C=O) groups excluding carboxylic acids is 2. The van der Waals surface area contributed by atoms with E-state index >= 15 is 0 Å². The Hall–Kier alpha value is -4.91. The molecule has 2 heterocycles. The number of hydrogen-bond acceptors (Lipinski definition) is 7. The zero-order chi connectivity index (χ0) is 29.8. The first-order valence-electron chi connectivity index (χ1n) is 13.9. The molecule has 0 saturated carbocycles. The monoisotopic (exact) mass is 560 g/mol. The van der Waals surface area contributed by atoms with Crippen LogP contribution in [-0.2, 0) is 19.7 Å². The van der Waals surface area contributed by atoms with E-state index in [9.17, 15) is 9.59 Å². The quantitative estimate of drug-likeness (QED) is 0.141. The topological polar surface area (TPSA) is 77.4 Å². The van der Waals surface area contributed by atoms with Crippen LogP contribution in [0.4, 0.5) is 11.4 Å². The predicted octanol–water partition coefficient (Wildman–Crippen LogP) is 7.18. The van der Waals surface area contributed by atoms with Crippen LogP contribution in [0.3, 0.4) is 0 Å². The standard InChI is InChI=1S/C35H32N2O5/c1-21(2)32(38)40-18-17-37-27-16-15-23-11-7-9-13-25(23)29(27)34(5,6)35(37)20-36-30-26-14-10-8-12-24(26)19-28(31(30)42-35)41-33(39)22(3)4/h7-16,19-20H,1,3,17-18H2,2,4-6H3. The fourth-order valence-electron chi connectivity index (χ4n) is 6.00. The molecule has 6 rings (SSSR count). The van der Waals surface area contributed by atoms with Crippen LogP contribution in [0.1, 0.15) is 33.3 Å². The molecule has 0 radical (unpaired) electrons. The summed E-state index contributed by atoms with van der Waals surface area (Å²) in [5, 5.41) is 3.93. The van der Waals surface area contributed by atoms with Crippen LogP contribution in [0.25, 0.3) is 21.5 Å². The molecule has 42 heavy (non-hydrogen) atoms. The highest BCUT2D eigenvalue weighted by atomic mass is 16.6. The van der Waals surface area contributed by atoms with Crippen LogP contribution in [-0.4, -0.2) is 37.0 Å². The van der Waals surface area contributed by atoms with Crippen molar-refractivity contribution < 1.29 is 23.8 Å². The van der Waals surface area contributed by atoms with Gasteiger partial charge in [-0.2, -0.15) is 0 Å². The number of ether oxygens (including phenoxy) is 3. The third kappa shape index (κ3) is 4.07. The summed E-state index contributed by atoms with van der Waals surface area (Å²) in [5.41, 5.74) is 1.42. The van der Waals surface area contributed by atoms with E-state index in [1.54, 1.807) is 19.9 Å². The first-order chi connectivity index (χ1) is 20.0. The minimum Gasteiger partial charge on any atom is -0.460 e. The third-order valence-corrected chi connectivity index (χ3v) is 8.13. The van der Waals surface area contributed by atoms with Gasteiger partial charge in [-0.25, -0.2) is 9.59 Å². The van der Waals surface area contributed by atoms with Gasteiger partial charge < -0.3 is 19.1 Å². The maximum atomic E-state index is 12.7. The van der Waals surface area contributed by atoms with Gasteiger partial charge in [0.1, 0.15) is 12.3 Å². The maximum Gasteiger partial charge on any atom is 0.338 e. The van der Waals surface area contributed by atoms with Crippen molar-refractivity contribution in [2.45, 2.75) is 38.8 Å². The molecule has 0 amide bonds. The highest BCUT2D eigenvalue weighted by Crippen LogP contribution is 2.58. The maximum absolute atomic E-state index is 12.7. The summed E-state index contributed by atoms with van der Waals surface area (Å²) in [7, 11) is 0. The molecule has 7 heteroatoms. The van der Waals surface area contributed by atoms with Gasteiger partial charge in [-0.3, -0.25) is 4.99 Å². The predicted molar refractivity (Wildman–Crippen MR) is 166 cm³/mol. The van der Waals surface area contributed by atoms with Gasteiger partial charge in [0, 0.05) is 22.2 Å². The smallest absolute Gasteiger partial charge is 0.338 e. The van der Waals surface area contributed by atoms with E-state index in [0.717, 1.165) is 32.8 Å². The van der Waals surface area contributed by atoms with Crippen LogP contribution in [0, 0.1) is 0 Å². The summed E-state index contributed by atoms with van der Waals surface area (Å²) >= 11 is 0. The average Bonchev–Trinajstić information content (AvgIpc) is 3.15. The van der Waals surface area contributed by atoms with Crippen molar-refractivity contribution in [2.24, 2.45) is 4.99 Å². The van der Waals surface area contributed by atoms with Gasteiger partial charge in [-0.15, -0.1) is 0 Å². The number of fused-ring (bicyclic) bond motifs is 6. The molecule has 2 aliphatic rings. The highest BCUT2D eigenvalue weighted by molar-refractivity contribution is 6.04. The number of esters is 2. The molecule has 0 N–H and O–H groups in total. The lowest BCUT2D eigenvalue weighted by molar-refractivity contribution is -0.138. The second-order valence-electron chi connectivity index (χ2n) is 11.4. The minimum atomic E-state index is -1.14. The van der Waals surface area contributed by atoms with Crippen LogP contribution in [0.5, 0.6) is 11.5 Å². The van der Waals surface area contributed by atoms with Crippen molar-refractivity contribution in [3.05, 3.63) is 96.6 Å². The number of aliphatic imine (C=N–C) groups is 1. The van der Waals surface area contributed by atoms with E-state index in [2.05, 4.69) is 56.2 Å². The largest absolute Gasteiger partial charge is 0.460 e. The molecule has 0 bridgehead atoms. The summed E-state index contributed by atoms with van der Waals surface area (Å²) in [6.07, 6.45) is 1.83. The molecule has 0 aromatic heterocycles. The van der Waals surface area contributed by atoms with Crippen molar-refractivity contribution in [1.29, 1.82) is 0 Å². The van der Waals surface area contributed by atoms with Crippen molar-refractivity contribution >= 4 is 51.1 Å². The van der Waals surface area contributed by atoms with Crippen LogP contribution >= 0.6 is 0 Å². The first kappa shape index (κ1) is 27.3. The molecular weight excluding hydrogens is 528 g/mol. The Labute approximate surface area is 244 Å². The Morgan fingerprint density at radius 1 is 0.905 bits per heavy atom. The molecule has 2 aliphatic heterocycles. The molecule has 1 unspecified atom stereocenters. The number of rotatable bonds is 6. The fourth-order valence-corrected chi connectivity index (χ4v) is 6.00. The lowest BCUT2D eigenvalue weighted by Crippen LogP contribution is -2.62. The SMILES string of the molecule is C=C(C)C(=O)OCCN1c2ccc3ccccc3c2C(C)(C)C12C=Nc1c(c(OC(=O)C(=C)C)cc3ccccc13)O2. The number of benzene rings is 4. The van der Waals surface area contributed by atoms with E-state index in [-0.39, 0.29) is 17.9 Å². The van der Waals surface area contributed by atoms with Crippen molar-refractivity contribution in [3.8, 4) is 11.5 Å². The molecule has 1 atom stereocenters. The molecule has 0 aliphatic carbocycles. The van der Waals surface area contributed by atoms with Gasteiger partial charge in [0.15, 0.2) is 11.5 Å². The fraction of sp³-hybridized carbons (Fsp3) is 0.229. The molecule has 0 saturated heterocycles. The summed E-state index contributed by atoms with van der Waals surface area (Å²) in [6.45, 7) is 15.3. The lowest BCUT2D eigenvalue weighted by atomic mass is 9.75. The van der Waals surface area contributed by atoms with E-state index < -0.39 is 23.1 Å². The summed E-state index contributed by atoms with van der Waals surface area (Å²) in [5.74, 6) is -0.383. The van der Waals surface area contributed by atoms with Crippen LogP contribution in [0.15, 0.2) is 96.0 Å². The van der Waals surface area contributed by atoms with Crippen LogP contribution in [0.2, 0.25) is 0 Å². The lowest BCUT2D eigenvalue weighted by Gasteiger charge is -2.46. The van der Waals surface area contributed by atoms with Gasteiger partial charge in [-0.05, 0) is 61.5 Å². The highest BCUT2D eigenvalue weighted by Gasteiger charge is 2.60. The molecule has 212 valence electrons. The summed E-state index contributed by atoms with van der Waals surface area (Å²) in [6, 6.07) is 22.0. The molecular formula is C35H32N2O5. The van der Waals surface area contributed by atoms with E-state index in [1.807, 2.05) is 42.6 Å². The first-order valence-corrected chi connectivity index (χ1v) is 13.9. The van der Waals surface area contributed by atoms with Gasteiger partial charge in [0.25, 0.3) is 0 Å². The van der Waals surface area contributed by atoms with E-state index in [0.29, 0.717) is 23.6 Å². The van der Waals surface area contributed by atoms with E-state index in [1.165, 1.54) is 0 Å². The molecule has 0 fully saturated rings. The average molecular weight is 561 g/mol. The summed E-state index contributed by atoms with van der Waals surface area (Å²) in [4.78, 5) is 32.1. The number of nitrogens with zero attached hydrogens (tertiary/aromatic N) is 2. The number of hydrogen-bond donors (Lipinski definition) is 0. The van der Waals surface area contributed by atoms with Crippen molar-refractivity contribution in [3.63, 3.8) is 0 Å². The molecule has 4 aromatic rings. The zero-order valence-electron chi connectivity index (χ0n) is 24.2. The normalized spacial score (nSPS) is 18.0. The Morgan fingerprint density at radius 2 is 1.57 bits per heavy atom. The Morgan fingerprint density at radius 3 is 2.29 bits per heavy atom. The Kier molecular flexibility index (Phi) is 6.41. The molecule has 4 aromatic carbocycles. The Balaban J connectivity index is 1.55. The van der Waals surface area contributed by atoms with Crippen molar-refractivity contribution in [2.75, 3.05) is 18.1 Å². The third-order valence-electron chi connectivity index (χ3n) is 8.13. The van der Waals surface area contributed by atoms with Gasteiger partial charge >= 0.3 is 11.9 Å². The minimum absolute atomic E-state index is 0.106. The van der Waals surface area contributed by atoms with Gasteiger partial charge in [0.05, 0.1) is 18.2 Å². The van der Waals surface area contributed by atoms with Crippen LogP contribution < -0.4 is 14.4 Å². The Bertz CT molecular complexity index is 1850. The molecule has 1 spiro atoms. The number of carbonyl (C=O) groups is 2. The molecule has 7 nitrogen and oxygen atoms in total. The van der Waals surface area contributed by atoms with E-state index in [4.69, 9.17) is 19.2 Å². The van der Waals surface area contributed by atoms with Gasteiger partial charge in [0.2, 0.25) is 5.72 Å². The second kappa shape index (κ2) is 9.87. The summed E-state index contributed by atoms with van der Waals surface area (Å²) < 4.78 is 18.5. The second-order valence-corrected chi connectivity index (χ2v) is 11.4. The van der Waals surface area contributed by atoms with Gasteiger partial charge in [-0.1, -0.05) is 67.8 Å². The zero-order valence-corrected chi connectivity index (χ0v) is 24.2. The number of anilines is 1. The van der Waals surface area contributed by atoms with Crippen molar-refractivity contribution in [1.82, 2.24) is 0 Å².